The van der Waals surface area contributed by atoms with E-state index in [2.05, 4.69) is 0 Å². The molecule has 0 aliphatic carbocycles. The molecule has 0 aromatic rings. The Morgan fingerprint density at radius 1 is 0.857 bits per heavy atom. The predicted molar refractivity (Wildman–Crippen MR) is 46.3 cm³/mol. The molecule has 6 heteroatoms. The minimum atomic E-state index is -0.931. The van der Waals surface area contributed by atoms with E-state index in [-0.39, 0.29) is 0 Å². The summed E-state index contributed by atoms with van der Waals surface area (Å²) in [4.78, 5) is 0. The van der Waals surface area contributed by atoms with Gasteiger partial charge in [0.2, 0.25) is 0 Å². The molecule has 0 saturated heterocycles. The first-order chi connectivity index (χ1) is 3.13. The standard InChI is InChI=1S/CH4Cl4S2/c2-6(3)1-7(4)5/h6-7H,1H2. The monoisotopic (exact) mass is 220 g/mol. The molecule has 0 unspecified atom stereocenters. The van der Waals surface area contributed by atoms with E-state index in [1.807, 2.05) is 0 Å². The van der Waals surface area contributed by atoms with Gasteiger partial charge in [-0.25, -0.2) is 0 Å². The molecule has 0 aliphatic rings. The van der Waals surface area contributed by atoms with Crippen molar-refractivity contribution in [2.45, 2.75) is 0 Å². The molecule has 0 heterocycles. The Hall–Kier alpha value is 1.86. The first-order valence-corrected chi connectivity index (χ1v) is 7.98. The van der Waals surface area contributed by atoms with Crippen molar-refractivity contribution in [1.29, 1.82) is 0 Å². The van der Waals surface area contributed by atoms with Crippen LogP contribution in [0.4, 0.5) is 0 Å². The summed E-state index contributed by atoms with van der Waals surface area (Å²) in [5, 5.41) is 0.552. The second-order valence-corrected chi connectivity index (χ2v) is 9.03. The maximum Gasteiger partial charge on any atom is 0.0533 e. The molecule has 0 nitrogen and oxygen atoms in total. The van der Waals surface area contributed by atoms with Gasteiger partial charge in [-0.05, 0) is 0 Å². The number of hydrogen-bond donors (Lipinski definition) is 2. The Kier molecular flexibility index (Phi) is 5.96. The second kappa shape index (κ2) is 4.71. The lowest BCUT2D eigenvalue weighted by Gasteiger charge is -2.04. The number of hydrogen-bond acceptors (Lipinski definition) is 0. The molecule has 0 fully saturated rings. The molecule has 48 valence electrons. The van der Waals surface area contributed by atoms with E-state index in [0.717, 1.165) is 0 Å². The van der Waals surface area contributed by atoms with Gasteiger partial charge >= 0.3 is 0 Å². The van der Waals surface area contributed by atoms with Gasteiger partial charge in [0.1, 0.15) is 0 Å². The van der Waals surface area contributed by atoms with Gasteiger partial charge in [0.15, 0.2) is 0 Å². The number of thiol groups is 2. The summed E-state index contributed by atoms with van der Waals surface area (Å²) in [5.41, 5.74) is 0. The summed E-state index contributed by atoms with van der Waals surface area (Å²) in [5.74, 6) is 0. The van der Waals surface area contributed by atoms with Gasteiger partial charge in [-0.1, -0.05) is 61.4 Å². The van der Waals surface area contributed by atoms with Crippen molar-refractivity contribution in [3.8, 4) is 0 Å². The summed E-state index contributed by atoms with van der Waals surface area (Å²) >= 11 is 0. The van der Waals surface area contributed by atoms with Gasteiger partial charge in [0, 0.05) is 0 Å². The predicted octanol–water partition coefficient (Wildman–Crippen LogP) is 3.56. The number of rotatable bonds is 2. The van der Waals surface area contributed by atoms with Gasteiger partial charge in [-0.2, -0.15) is 0 Å². The summed E-state index contributed by atoms with van der Waals surface area (Å²) in [6.45, 7) is 0. The maximum absolute atomic E-state index is 5.35. The SMILES string of the molecule is Cl[SH](Cl)C[SH](Cl)Cl. The zero-order valence-electron chi connectivity index (χ0n) is 3.11. The molecule has 0 rings (SSSR count). The van der Waals surface area contributed by atoms with Crippen molar-refractivity contribution < 1.29 is 0 Å². The highest BCUT2D eigenvalue weighted by atomic mass is 36.0. The Labute approximate surface area is 66.1 Å². The van der Waals surface area contributed by atoms with Crippen LogP contribution in [-0.2, 0) is 0 Å². The molecule has 0 amide bonds. The van der Waals surface area contributed by atoms with Gasteiger partial charge in [-0.15, -0.1) is 0 Å². The lowest BCUT2D eigenvalue weighted by molar-refractivity contribution is 2.33. The molecule has 0 aromatic carbocycles. The van der Waals surface area contributed by atoms with Crippen molar-refractivity contribution in [3.05, 3.63) is 0 Å². The van der Waals surface area contributed by atoms with Crippen LogP contribution < -0.4 is 0 Å². The lowest BCUT2D eigenvalue weighted by Crippen LogP contribution is -1.62. The van der Waals surface area contributed by atoms with Crippen LogP contribution in [0, 0.1) is 0 Å². The van der Waals surface area contributed by atoms with E-state index in [1.54, 1.807) is 0 Å². The minimum Gasteiger partial charge on any atom is -0.0861 e. The van der Waals surface area contributed by atoms with E-state index >= 15 is 0 Å². The summed E-state index contributed by atoms with van der Waals surface area (Å²) in [6, 6.07) is 0. The van der Waals surface area contributed by atoms with Crippen LogP contribution in [-0.4, -0.2) is 5.08 Å². The smallest absolute Gasteiger partial charge is 0.0533 e. The van der Waals surface area contributed by atoms with Crippen LogP contribution in [0.25, 0.3) is 0 Å². The summed E-state index contributed by atoms with van der Waals surface area (Å²) < 4.78 is 0. The average Bonchev–Trinajstić information content (AvgIpc) is 1.27. The van der Waals surface area contributed by atoms with Crippen molar-refractivity contribution in [3.63, 3.8) is 0 Å². The second-order valence-electron chi connectivity index (χ2n) is 0.747. The van der Waals surface area contributed by atoms with Gasteiger partial charge in [0.05, 0.1) is 5.08 Å². The fraction of sp³-hybridized carbons (Fsp3) is 1.00. The fourth-order valence-electron chi connectivity index (χ4n) is 0.0808. The van der Waals surface area contributed by atoms with E-state index in [4.69, 9.17) is 42.7 Å². The summed E-state index contributed by atoms with van der Waals surface area (Å²) in [6.07, 6.45) is 0. The van der Waals surface area contributed by atoms with Crippen LogP contribution in [0.15, 0.2) is 0 Å². The van der Waals surface area contributed by atoms with Crippen LogP contribution in [0.3, 0.4) is 0 Å². The average molecular weight is 222 g/mol. The van der Waals surface area contributed by atoms with Crippen molar-refractivity contribution in [2.24, 2.45) is 0 Å². The normalized spacial score (nSPS) is 13.7. The van der Waals surface area contributed by atoms with Crippen LogP contribution in [0.2, 0.25) is 0 Å². The third kappa shape index (κ3) is 7.86. The van der Waals surface area contributed by atoms with Crippen LogP contribution in [0.1, 0.15) is 0 Å². The van der Waals surface area contributed by atoms with E-state index in [0.29, 0.717) is 5.08 Å². The van der Waals surface area contributed by atoms with E-state index < -0.39 is 18.6 Å². The first-order valence-electron chi connectivity index (χ1n) is 1.31. The molecule has 0 radical (unpaired) electrons. The van der Waals surface area contributed by atoms with Crippen molar-refractivity contribution in [1.82, 2.24) is 0 Å². The Bertz CT molecular complexity index is 39.0. The molecular formula is CH4Cl4S2. The molecule has 0 atom stereocenters. The molecule has 0 saturated carbocycles. The molecule has 7 heavy (non-hydrogen) atoms. The molecule has 0 aliphatic heterocycles. The van der Waals surface area contributed by atoms with E-state index in [1.165, 1.54) is 0 Å². The molecule has 0 bridgehead atoms. The fourth-order valence-corrected chi connectivity index (χ4v) is 6.55. The van der Waals surface area contributed by atoms with Gasteiger partial charge in [-0.3, -0.25) is 0 Å². The molecular weight excluding hydrogens is 218 g/mol. The Morgan fingerprint density at radius 2 is 1.14 bits per heavy atom. The van der Waals surface area contributed by atoms with Gasteiger partial charge in [0.25, 0.3) is 0 Å². The summed E-state index contributed by atoms with van der Waals surface area (Å²) in [7, 11) is 19.5. The van der Waals surface area contributed by atoms with Gasteiger partial charge < -0.3 is 0 Å². The Morgan fingerprint density at radius 3 is 1.14 bits per heavy atom. The highest BCUT2D eigenvalue weighted by molar-refractivity contribution is 8.65. The Balaban J connectivity index is 2.95. The number of halogens is 4. The van der Waals surface area contributed by atoms with Crippen LogP contribution in [0.5, 0.6) is 0 Å². The molecule has 0 N–H and O–H groups in total. The maximum atomic E-state index is 5.35. The largest absolute Gasteiger partial charge is 0.0861 e. The van der Waals surface area contributed by atoms with Crippen LogP contribution >= 0.6 is 61.4 Å². The van der Waals surface area contributed by atoms with E-state index in [9.17, 15) is 0 Å². The molecule has 0 aromatic heterocycles. The quantitative estimate of drug-likeness (QED) is 0.655. The van der Waals surface area contributed by atoms with Crippen molar-refractivity contribution in [2.75, 3.05) is 5.08 Å². The highest BCUT2D eigenvalue weighted by Gasteiger charge is 1.96. The lowest BCUT2D eigenvalue weighted by atomic mass is 11.9. The minimum absolute atomic E-state index is 0.552. The highest BCUT2D eigenvalue weighted by Crippen LogP contribution is 2.50. The zero-order chi connectivity index (χ0) is 5.86. The molecule has 0 spiro atoms. The third-order valence-corrected chi connectivity index (χ3v) is 5.77. The van der Waals surface area contributed by atoms with Crippen molar-refractivity contribution >= 4 is 61.4 Å². The zero-order valence-corrected chi connectivity index (χ0v) is 7.93. The third-order valence-electron chi connectivity index (χ3n) is 0.214. The first kappa shape index (κ1) is 8.86. The topological polar surface area (TPSA) is 0 Å².